The molecule has 0 atom stereocenters. The van der Waals surface area contributed by atoms with Gasteiger partial charge in [-0.2, -0.15) is 0 Å². The minimum absolute atomic E-state index is 0.0397. The summed E-state index contributed by atoms with van der Waals surface area (Å²) in [6.45, 7) is 5.59. The van der Waals surface area contributed by atoms with Gasteiger partial charge in [-0.25, -0.2) is 9.79 Å². The molecule has 1 aromatic rings. The molecule has 5 nitrogen and oxygen atoms in total. The largest absolute Gasteiger partial charge is 0.465 e. The second-order valence-electron chi connectivity index (χ2n) is 5.35. The van der Waals surface area contributed by atoms with Crippen LogP contribution in [-0.2, 0) is 14.3 Å². The summed E-state index contributed by atoms with van der Waals surface area (Å²) in [5.74, 6) is -0.283. The number of hydrogen-bond acceptors (Lipinski definition) is 5. The highest BCUT2D eigenvalue weighted by Crippen LogP contribution is 2.29. The molecule has 0 N–H and O–H groups in total. The molecule has 0 saturated heterocycles. The molecule has 1 aliphatic heterocycles. The monoisotopic (exact) mass is 332 g/mol. The van der Waals surface area contributed by atoms with Crippen LogP contribution in [0.4, 0.5) is 5.69 Å². The summed E-state index contributed by atoms with van der Waals surface area (Å²) in [5.41, 5.74) is 1.66. The Labute approximate surface area is 140 Å². The van der Waals surface area contributed by atoms with E-state index in [1.165, 1.54) is 18.9 Å². The Balaban J connectivity index is 2.59. The van der Waals surface area contributed by atoms with Gasteiger partial charge in [0.2, 0.25) is 5.91 Å². The smallest absolute Gasteiger partial charge is 0.342 e. The van der Waals surface area contributed by atoms with Crippen LogP contribution in [-0.4, -0.2) is 40.7 Å². The fourth-order valence-corrected chi connectivity index (χ4v) is 3.40. The number of esters is 1. The zero-order chi connectivity index (χ0) is 17.0. The Morgan fingerprint density at radius 2 is 1.96 bits per heavy atom. The first kappa shape index (κ1) is 17.3. The van der Waals surface area contributed by atoms with Gasteiger partial charge in [0, 0.05) is 11.7 Å². The summed E-state index contributed by atoms with van der Waals surface area (Å²) in [5, 5.41) is 0.511. The minimum Gasteiger partial charge on any atom is -0.465 e. The van der Waals surface area contributed by atoms with Crippen LogP contribution < -0.4 is 0 Å². The summed E-state index contributed by atoms with van der Waals surface area (Å²) in [6, 6.07) is 9.31. The minimum atomic E-state index is -0.481. The predicted molar refractivity (Wildman–Crippen MR) is 92.7 cm³/mol. The highest BCUT2D eigenvalue weighted by molar-refractivity contribution is 8.15. The molecule has 0 spiro atoms. The highest BCUT2D eigenvalue weighted by atomic mass is 32.2. The second kappa shape index (κ2) is 7.46. The number of benzene rings is 1. The maximum Gasteiger partial charge on any atom is 0.342 e. The normalized spacial score (nSPS) is 17.7. The van der Waals surface area contributed by atoms with Gasteiger partial charge in [-0.1, -0.05) is 30.0 Å². The van der Waals surface area contributed by atoms with Crippen molar-refractivity contribution in [2.24, 2.45) is 4.99 Å². The molecule has 0 saturated carbocycles. The van der Waals surface area contributed by atoms with Crippen molar-refractivity contribution < 1.29 is 14.3 Å². The Bertz CT molecular complexity index is 666. The average molecular weight is 332 g/mol. The number of carbonyl (C=O) groups is 2. The third kappa shape index (κ3) is 3.82. The number of hydrogen-bond donors (Lipinski definition) is 0. The van der Waals surface area contributed by atoms with E-state index in [0.29, 0.717) is 16.3 Å². The number of ether oxygens (including phenoxy) is 1. The van der Waals surface area contributed by atoms with Crippen LogP contribution in [0.1, 0.15) is 20.8 Å². The Kier molecular flexibility index (Phi) is 5.60. The summed E-state index contributed by atoms with van der Waals surface area (Å²) < 4.78 is 4.92. The molecular formula is C17H20N2O3S. The van der Waals surface area contributed by atoms with E-state index >= 15 is 0 Å². The van der Waals surface area contributed by atoms with Crippen LogP contribution in [0.25, 0.3) is 0 Å². The summed E-state index contributed by atoms with van der Waals surface area (Å²) in [7, 11) is 1.33. The van der Waals surface area contributed by atoms with Gasteiger partial charge >= 0.3 is 5.97 Å². The van der Waals surface area contributed by atoms with Gasteiger partial charge < -0.3 is 9.64 Å². The lowest BCUT2D eigenvalue weighted by Crippen LogP contribution is -2.36. The fraction of sp³-hybridized carbons (Fsp3) is 0.353. The standard InChI is InChI=1S/C17H20N2O3S/c1-11(2)19-12(3)15(17(21)22-4)16(23-10-14(19)20)18-13-8-6-5-7-9-13/h5-9,11H,10H2,1-4H3. The molecule has 0 aromatic heterocycles. The third-order valence-electron chi connectivity index (χ3n) is 3.43. The van der Waals surface area contributed by atoms with Crippen molar-refractivity contribution in [1.29, 1.82) is 0 Å². The van der Waals surface area contributed by atoms with Crippen molar-refractivity contribution in [2.75, 3.05) is 12.9 Å². The molecule has 6 heteroatoms. The second-order valence-corrected chi connectivity index (χ2v) is 6.31. The average Bonchev–Trinajstić information content (AvgIpc) is 2.64. The van der Waals surface area contributed by atoms with E-state index in [1.54, 1.807) is 11.8 Å². The molecule has 1 amide bonds. The number of para-hydroxylation sites is 1. The zero-order valence-corrected chi connectivity index (χ0v) is 14.5. The molecule has 0 aliphatic carbocycles. The van der Waals surface area contributed by atoms with E-state index in [1.807, 2.05) is 44.2 Å². The van der Waals surface area contributed by atoms with E-state index in [2.05, 4.69) is 4.99 Å². The number of carbonyl (C=O) groups excluding carboxylic acids is 2. The molecule has 2 rings (SSSR count). The van der Waals surface area contributed by atoms with Crippen molar-refractivity contribution in [1.82, 2.24) is 4.90 Å². The van der Waals surface area contributed by atoms with Crippen LogP contribution in [0.2, 0.25) is 0 Å². The van der Waals surface area contributed by atoms with E-state index in [0.717, 1.165) is 5.69 Å². The Morgan fingerprint density at radius 1 is 1.30 bits per heavy atom. The van der Waals surface area contributed by atoms with Gasteiger partial charge in [0.05, 0.1) is 18.6 Å². The predicted octanol–water partition coefficient (Wildman–Crippen LogP) is 3.15. The number of amides is 1. The number of methoxy groups -OCH3 is 1. The lowest BCUT2D eigenvalue weighted by atomic mass is 10.1. The van der Waals surface area contributed by atoms with Crippen molar-refractivity contribution in [3.05, 3.63) is 41.6 Å². The number of nitrogens with zero attached hydrogens (tertiary/aromatic N) is 2. The van der Waals surface area contributed by atoms with Crippen LogP contribution >= 0.6 is 11.8 Å². The van der Waals surface area contributed by atoms with Crippen molar-refractivity contribution in [2.45, 2.75) is 26.8 Å². The Hall–Kier alpha value is -2.08. The highest BCUT2D eigenvalue weighted by Gasteiger charge is 2.32. The Morgan fingerprint density at radius 3 is 2.52 bits per heavy atom. The van der Waals surface area contributed by atoms with Crippen LogP contribution in [0.5, 0.6) is 0 Å². The molecular weight excluding hydrogens is 312 g/mol. The first-order valence-electron chi connectivity index (χ1n) is 7.33. The van der Waals surface area contributed by atoms with Crippen molar-refractivity contribution >= 4 is 34.4 Å². The zero-order valence-electron chi connectivity index (χ0n) is 13.7. The molecule has 0 unspecified atom stereocenters. The van der Waals surface area contributed by atoms with Gasteiger partial charge in [0.25, 0.3) is 0 Å². The van der Waals surface area contributed by atoms with Gasteiger partial charge in [0.15, 0.2) is 0 Å². The summed E-state index contributed by atoms with van der Waals surface area (Å²) in [4.78, 5) is 30.9. The molecule has 1 heterocycles. The molecule has 122 valence electrons. The number of allylic oxidation sites excluding steroid dienone is 1. The molecule has 0 radical (unpaired) electrons. The van der Waals surface area contributed by atoms with Gasteiger partial charge in [0.1, 0.15) is 10.6 Å². The van der Waals surface area contributed by atoms with Crippen molar-refractivity contribution in [3.63, 3.8) is 0 Å². The van der Waals surface area contributed by atoms with Crippen LogP contribution in [0.3, 0.4) is 0 Å². The molecule has 0 bridgehead atoms. The van der Waals surface area contributed by atoms with Gasteiger partial charge in [-0.3, -0.25) is 4.79 Å². The fourth-order valence-electron chi connectivity index (χ4n) is 2.45. The lowest BCUT2D eigenvalue weighted by Gasteiger charge is -2.26. The van der Waals surface area contributed by atoms with E-state index in [9.17, 15) is 9.59 Å². The number of thioether (sulfide) groups is 1. The third-order valence-corrected chi connectivity index (χ3v) is 4.39. The molecule has 1 aromatic carbocycles. The van der Waals surface area contributed by atoms with Gasteiger partial charge in [-0.05, 0) is 32.9 Å². The SMILES string of the molecule is COC(=O)C1=C(C)N(C(C)C)C(=O)CSC1=Nc1ccccc1. The molecule has 23 heavy (non-hydrogen) atoms. The summed E-state index contributed by atoms with van der Waals surface area (Å²) >= 11 is 1.26. The maximum atomic E-state index is 12.4. The van der Waals surface area contributed by atoms with Crippen LogP contribution in [0, 0.1) is 0 Å². The van der Waals surface area contributed by atoms with E-state index in [4.69, 9.17) is 4.74 Å². The summed E-state index contributed by atoms with van der Waals surface area (Å²) in [6.07, 6.45) is 0. The number of aliphatic imine (C=N–C) groups is 1. The topological polar surface area (TPSA) is 59.0 Å². The van der Waals surface area contributed by atoms with Gasteiger partial charge in [-0.15, -0.1) is 0 Å². The first-order chi connectivity index (χ1) is 11.0. The van der Waals surface area contributed by atoms with E-state index in [-0.39, 0.29) is 17.7 Å². The van der Waals surface area contributed by atoms with Crippen molar-refractivity contribution in [3.8, 4) is 0 Å². The van der Waals surface area contributed by atoms with Crippen LogP contribution in [0.15, 0.2) is 46.6 Å². The quantitative estimate of drug-likeness (QED) is 0.798. The molecule has 1 aliphatic rings. The van der Waals surface area contributed by atoms with E-state index < -0.39 is 5.97 Å². The molecule has 0 fully saturated rings. The first-order valence-corrected chi connectivity index (χ1v) is 8.32. The lowest BCUT2D eigenvalue weighted by molar-refractivity contribution is -0.135. The maximum absolute atomic E-state index is 12.4. The number of rotatable bonds is 3.